The second kappa shape index (κ2) is 2.80. The molecule has 60 valence electrons. The molecule has 1 aliphatic heterocycles. The second-order valence-corrected chi connectivity index (χ2v) is 3.53. The molecule has 2 unspecified atom stereocenters. The van der Waals surface area contributed by atoms with E-state index in [1.165, 1.54) is 31.3 Å². The van der Waals surface area contributed by atoms with Gasteiger partial charge in [-0.15, -0.1) is 0 Å². The zero-order valence-corrected chi connectivity index (χ0v) is 7.09. The molecule has 0 amide bonds. The van der Waals surface area contributed by atoms with Crippen molar-refractivity contribution in [2.45, 2.75) is 38.6 Å². The second-order valence-electron chi connectivity index (χ2n) is 3.53. The highest BCUT2D eigenvalue weighted by Gasteiger charge is 2.29. The molecule has 1 nitrogen and oxygen atoms in total. The Morgan fingerprint density at radius 2 is 2.27 bits per heavy atom. The van der Waals surface area contributed by atoms with E-state index in [9.17, 15) is 0 Å². The average Bonchev–Trinajstić information content (AvgIpc) is 2.47. The Hall–Kier alpha value is -0.590. The van der Waals surface area contributed by atoms with Crippen molar-refractivity contribution in [3.63, 3.8) is 0 Å². The number of allylic oxidation sites excluding steroid dienone is 1. The van der Waals surface area contributed by atoms with Crippen LogP contribution in [-0.2, 0) is 0 Å². The summed E-state index contributed by atoms with van der Waals surface area (Å²) >= 11 is 0. The fraction of sp³-hybridized carbons (Fsp3) is 0.700. The third kappa shape index (κ3) is 1.13. The fourth-order valence-electron chi connectivity index (χ4n) is 2.24. The van der Waals surface area contributed by atoms with Gasteiger partial charge in [0.2, 0.25) is 0 Å². The number of hydrogen-bond donors (Lipinski definition) is 0. The van der Waals surface area contributed by atoms with E-state index in [0.717, 1.165) is 5.92 Å². The first kappa shape index (κ1) is 7.08. The zero-order chi connectivity index (χ0) is 7.68. The summed E-state index contributed by atoms with van der Waals surface area (Å²) in [7, 11) is 0. The Morgan fingerprint density at radius 3 is 3.09 bits per heavy atom. The largest absolute Gasteiger partial charge is 0.289 e. The Bertz CT molecular complexity index is 203. The van der Waals surface area contributed by atoms with Gasteiger partial charge < -0.3 is 0 Å². The van der Waals surface area contributed by atoms with Gasteiger partial charge in [-0.1, -0.05) is 18.9 Å². The molecular weight excluding hydrogens is 134 g/mol. The predicted molar refractivity (Wildman–Crippen MR) is 48.0 cm³/mol. The first-order valence-corrected chi connectivity index (χ1v) is 4.61. The molecule has 11 heavy (non-hydrogen) atoms. The minimum absolute atomic E-state index is 0.648. The van der Waals surface area contributed by atoms with E-state index in [0.29, 0.717) is 6.04 Å². The topological polar surface area (TPSA) is 12.4 Å². The minimum atomic E-state index is 0.648. The predicted octanol–water partition coefficient (Wildman–Crippen LogP) is 2.58. The van der Waals surface area contributed by atoms with Crippen molar-refractivity contribution < 1.29 is 0 Å². The van der Waals surface area contributed by atoms with Crippen LogP contribution in [0.3, 0.4) is 0 Å². The van der Waals surface area contributed by atoms with Crippen LogP contribution >= 0.6 is 0 Å². The van der Waals surface area contributed by atoms with Gasteiger partial charge >= 0.3 is 0 Å². The van der Waals surface area contributed by atoms with E-state index in [2.05, 4.69) is 24.2 Å². The van der Waals surface area contributed by atoms with Gasteiger partial charge in [-0.05, 0) is 25.3 Å². The third-order valence-corrected chi connectivity index (χ3v) is 2.91. The number of fused-ring (bicyclic) bond motifs is 1. The number of nitrogens with zero attached hydrogens (tertiary/aromatic N) is 1. The summed E-state index contributed by atoms with van der Waals surface area (Å²) < 4.78 is 0. The van der Waals surface area contributed by atoms with Crippen LogP contribution in [0, 0.1) is 5.92 Å². The van der Waals surface area contributed by atoms with E-state index in [-0.39, 0.29) is 0 Å². The lowest BCUT2D eigenvalue weighted by molar-refractivity contribution is 0.370. The summed E-state index contributed by atoms with van der Waals surface area (Å²) in [4.78, 5) is 4.52. The molecule has 0 spiro atoms. The smallest absolute Gasteiger partial charge is 0.0568 e. The highest BCUT2D eigenvalue weighted by molar-refractivity contribution is 5.82. The summed E-state index contributed by atoms with van der Waals surface area (Å²) in [6.07, 6.45) is 9.78. The minimum Gasteiger partial charge on any atom is -0.289 e. The Morgan fingerprint density at radius 1 is 1.45 bits per heavy atom. The van der Waals surface area contributed by atoms with E-state index in [1.54, 1.807) is 0 Å². The molecule has 1 heteroatoms. The summed E-state index contributed by atoms with van der Waals surface area (Å²) in [6.45, 7) is 2.12. The van der Waals surface area contributed by atoms with Gasteiger partial charge in [0.15, 0.2) is 0 Å². The van der Waals surface area contributed by atoms with Crippen LogP contribution in [0.2, 0.25) is 0 Å². The molecule has 2 rings (SSSR count). The number of aliphatic imine (C=N–C) groups is 1. The SMILES string of the molecule is C/C=C1\C=NC2CCCCC12. The van der Waals surface area contributed by atoms with Crippen molar-refractivity contribution in [1.29, 1.82) is 0 Å². The molecular formula is C10H15N. The van der Waals surface area contributed by atoms with Crippen LogP contribution in [0.1, 0.15) is 32.6 Å². The molecule has 1 saturated carbocycles. The molecule has 0 radical (unpaired) electrons. The number of hydrogen-bond acceptors (Lipinski definition) is 1. The lowest BCUT2D eigenvalue weighted by Gasteiger charge is -2.23. The quantitative estimate of drug-likeness (QED) is 0.502. The van der Waals surface area contributed by atoms with Crippen molar-refractivity contribution in [2.75, 3.05) is 0 Å². The Kier molecular flexibility index (Phi) is 1.80. The third-order valence-electron chi connectivity index (χ3n) is 2.91. The molecule has 0 saturated heterocycles. The molecule has 0 aromatic heterocycles. The maximum atomic E-state index is 4.52. The molecule has 0 aromatic rings. The van der Waals surface area contributed by atoms with Gasteiger partial charge in [0.1, 0.15) is 0 Å². The van der Waals surface area contributed by atoms with Crippen LogP contribution in [-0.4, -0.2) is 12.3 Å². The lowest BCUT2D eigenvalue weighted by atomic mass is 9.82. The fourth-order valence-corrected chi connectivity index (χ4v) is 2.24. The Balaban J connectivity index is 2.16. The van der Waals surface area contributed by atoms with Crippen molar-refractivity contribution in [2.24, 2.45) is 10.9 Å². The van der Waals surface area contributed by atoms with Gasteiger partial charge in [-0.25, -0.2) is 0 Å². The number of rotatable bonds is 0. The van der Waals surface area contributed by atoms with Crippen LogP contribution in [0.4, 0.5) is 0 Å². The van der Waals surface area contributed by atoms with Crippen molar-refractivity contribution in [1.82, 2.24) is 0 Å². The highest BCUT2D eigenvalue weighted by atomic mass is 14.8. The van der Waals surface area contributed by atoms with Gasteiger partial charge in [0.05, 0.1) is 6.04 Å². The normalized spacial score (nSPS) is 39.5. The van der Waals surface area contributed by atoms with Crippen LogP contribution in [0.5, 0.6) is 0 Å². The maximum absolute atomic E-state index is 4.52. The standard InChI is InChI=1S/C10H15N/c1-2-8-7-11-10-6-4-3-5-9(8)10/h2,7,9-10H,3-6H2,1H3/b8-2+. The molecule has 0 aromatic carbocycles. The van der Waals surface area contributed by atoms with Crippen LogP contribution in [0.15, 0.2) is 16.6 Å². The first-order valence-electron chi connectivity index (χ1n) is 4.61. The van der Waals surface area contributed by atoms with Crippen LogP contribution < -0.4 is 0 Å². The summed E-state index contributed by atoms with van der Waals surface area (Å²) in [6, 6.07) is 0.648. The van der Waals surface area contributed by atoms with Gasteiger partial charge in [-0.3, -0.25) is 4.99 Å². The molecule has 2 atom stereocenters. The van der Waals surface area contributed by atoms with E-state index < -0.39 is 0 Å². The molecule has 1 aliphatic carbocycles. The zero-order valence-electron chi connectivity index (χ0n) is 7.09. The van der Waals surface area contributed by atoms with Gasteiger partial charge in [0.25, 0.3) is 0 Å². The van der Waals surface area contributed by atoms with Crippen molar-refractivity contribution >= 4 is 6.21 Å². The van der Waals surface area contributed by atoms with E-state index in [4.69, 9.17) is 0 Å². The molecule has 1 heterocycles. The average molecular weight is 149 g/mol. The molecule has 0 bridgehead atoms. The Labute approximate surface area is 68.2 Å². The van der Waals surface area contributed by atoms with E-state index >= 15 is 0 Å². The molecule has 0 N–H and O–H groups in total. The maximum Gasteiger partial charge on any atom is 0.0568 e. The summed E-state index contributed by atoms with van der Waals surface area (Å²) in [5, 5.41) is 0. The van der Waals surface area contributed by atoms with Gasteiger partial charge in [-0.2, -0.15) is 0 Å². The summed E-state index contributed by atoms with van der Waals surface area (Å²) in [5.41, 5.74) is 1.48. The highest BCUT2D eigenvalue weighted by Crippen LogP contribution is 2.35. The van der Waals surface area contributed by atoms with Crippen molar-refractivity contribution in [3.05, 3.63) is 11.6 Å². The van der Waals surface area contributed by atoms with Crippen molar-refractivity contribution in [3.8, 4) is 0 Å². The lowest BCUT2D eigenvalue weighted by Crippen LogP contribution is -2.19. The monoisotopic (exact) mass is 149 g/mol. The molecule has 2 aliphatic rings. The van der Waals surface area contributed by atoms with Gasteiger partial charge in [0, 0.05) is 12.1 Å². The molecule has 1 fully saturated rings. The summed E-state index contributed by atoms with van der Waals surface area (Å²) in [5.74, 6) is 0.786. The van der Waals surface area contributed by atoms with Crippen LogP contribution in [0.25, 0.3) is 0 Å². The van der Waals surface area contributed by atoms with E-state index in [1.807, 2.05) is 0 Å². The first-order chi connectivity index (χ1) is 5.42.